The van der Waals surface area contributed by atoms with Crippen molar-refractivity contribution >= 4 is 17.2 Å². The molecule has 0 bridgehead atoms. The molecule has 0 radical (unpaired) electrons. The van der Waals surface area contributed by atoms with Crippen LogP contribution in [0.1, 0.15) is 47.9 Å². The number of rotatable bonds is 5. The van der Waals surface area contributed by atoms with Gasteiger partial charge in [0.25, 0.3) is 0 Å². The highest BCUT2D eigenvalue weighted by molar-refractivity contribution is 7.09. The minimum atomic E-state index is 0.182. The van der Waals surface area contributed by atoms with Crippen LogP contribution in [0.15, 0.2) is 11.7 Å². The molecule has 1 amide bonds. The predicted molar refractivity (Wildman–Crippen MR) is 90.0 cm³/mol. The van der Waals surface area contributed by atoms with Crippen LogP contribution >= 0.6 is 11.3 Å². The molecule has 0 saturated heterocycles. The van der Waals surface area contributed by atoms with Gasteiger partial charge in [0, 0.05) is 36.0 Å². The van der Waals surface area contributed by atoms with Crippen molar-refractivity contribution < 1.29 is 4.79 Å². The van der Waals surface area contributed by atoms with Gasteiger partial charge in [-0.05, 0) is 19.3 Å². The van der Waals surface area contributed by atoms with Gasteiger partial charge >= 0.3 is 0 Å². The molecule has 0 aliphatic carbocycles. The molecule has 6 heteroatoms. The number of hydrogen-bond donors (Lipinski definition) is 0. The number of hydrogen-bond acceptors (Lipinski definition) is 5. The molecule has 0 spiro atoms. The van der Waals surface area contributed by atoms with E-state index < -0.39 is 0 Å². The lowest BCUT2D eigenvalue weighted by atomic mass is 10.1. The Morgan fingerprint density at radius 1 is 1.35 bits per heavy atom. The molecular weight excluding hydrogens is 308 g/mol. The summed E-state index contributed by atoms with van der Waals surface area (Å²) >= 11 is 1.62. The number of carbonyl (C=O) groups is 1. The van der Waals surface area contributed by atoms with Crippen molar-refractivity contribution in [2.24, 2.45) is 5.92 Å². The minimum Gasteiger partial charge on any atom is -0.332 e. The Morgan fingerprint density at radius 3 is 2.87 bits per heavy atom. The van der Waals surface area contributed by atoms with Crippen LogP contribution in [0.5, 0.6) is 0 Å². The van der Waals surface area contributed by atoms with Gasteiger partial charge in [0.1, 0.15) is 5.82 Å². The predicted octanol–water partition coefficient (Wildman–Crippen LogP) is 2.92. The first-order valence-electron chi connectivity index (χ1n) is 8.03. The molecule has 1 aliphatic rings. The number of aromatic nitrogens is 3. The minimum absolute atomic E-state index is 0.182. The van der Waals surface area contributed by atoms with Gasteiger partial charge in [0.15, 0.2) is 0 Å². The zero-order chi connectivity index (χ0) is 16.4. The maximum atomic E-state index is 12.4. The Hall–Kier alpha value is -1.82. The summed E-state index contributed by atoms with van der Waals surface area (Å²) in [5.41, 5.74) is 4.97. The van der Waals surface area contributed by atoms with Gasteiger partial charge in [-0.1, -0.05) is 13.8 Å². The van der Waals surface area contributed by atoms with Gasteiger partial charge in [-0.2, -0.15) is 0 Å². The largest absolute Gasteiger partial charge is 0.332 e. The average Bonchev–Trinajstić information content (AvgIpc) is 3.09. The third-order valence-corrected chi connectivity index (χ3v) is 5.06. The first-order chi connectivity index (χ1) is 11.0. The van der Waals surface area contributed by atoms with Gasteiger partial charge in [-0.15, -0.1) is 11.3 Å². The number of amides is 1. The molecule has 3 rings (SSSR count). The standard InChI is InChI=1S/C17H22N4OS/c1-11(2)6-16-18-7-13-8-21(9-14(13)20-16)17(22)5-4-15-12(3)19-10-23-15/h7,10-11H,4-6,8-9H2,1-3H3. The second-order valence-corrected chi connectivity index (χ2v) is 7.41. The zero-order valence-electron chi connectivity index (χ0n) is 13.9. The smallest absolute Gasteiger partial charge is 0.223 e. The van der Waals surface area contributed by atoms with E-state index in [0.29, 0.717) is 25.4 Å². The van der Waals surface area contributed by atoms with Crippen LogP contribution in [0.2, 0.25) is 0 Å². The van der Waals surface area contributed by atoms with Gasteiger partial charge in [0.2, 0.25) is 5.91 Å². The molecule has 0 saturated carbocycles. The highest BCUT2D eigenvalue weighted by Crippen LogP contribution is 2.23. The van der Waals surface area contributed by atoms with E-state index in [4.69, 9.17) is 0 Å². The lowest BCUT2D eigenvalue weighted by molar-refractivity contribution is -0.131. The maximum absolute atomic E-state index is 12.4. The van der Waals surface area contributed by atoms with E-state index in [1.807, 2.05) is 23.5 Å². The molecule has 2 aromatic heterocycles. The van der Waals surface area contributed by atoms with E-state index in [-0.39, 0.29) is 5.91 Å². The first kappa shape index (κ1) is 16.1. The summed E-state index contributed by atoms with van der Waals surface area (Å²) in [6, 6.07) is 0. The monoisotopic (exact) mass is 330 g/mol. The van der Waals surface area contributed by atoms with E-state index in [1.54, 1.807) is 11.3 Å². The molecule has 0 N–H and O–H groups in total. The average molecular weight is 330 g/mol. The fraction of sp³-hybridized carbons (Fsp3) is 0.529. The number of nitrogens with zero attached hydrogens (tertiary/aromatic N) is 4. The van der Waals surface area contributed by atoms with Gasteiger partial charge in [-0.25, -0.2) is 15.0 Å². The summed E-state index contributed by atoms with van der Waals surface area (Å²) in [6.45, 7) is 7.57. The van der Waals surface area contributed by atoms with E-state index in [9.17, 15) is 4.79 Å². The fourth-order valence-corrected chi connectivity index (χ4v) is 3.56. The van der Waals surface area contributed by atoms with Crippen LogP contribution in [0, 0.1) is 12.8 Å². The van der Waals surface area contributed by atoms with Crippen LogP contribution in [-0.4, -0.2) is 25.8 Å². The molecule has 3 heterocycles. The number of fused-ring (bicyclic) bond motifs is 1. The van der Waals surface area contributed by atoms with Crippen LogP contribution in [0.25, 0.3) is 0 Å². The van der Waals surface area contributed by atoms with Crippen molar-refractivity contribution in [1.82, 2.24) is 19.9 Å². The summed E-state index contributed by atoms with van der Waals surface area (Å²) in [4.78, 5) is 28.8. The molecule has 0 fully saturated rings. The lowest BCUT2D eigenvalue weighted by Crippen LogP contribution is -2.25. The van der Waals surface area contributed by atoms with Gasteiger partial charge in [-0.3, -0.25) is 4.79 Å². The Kier molecular flexibility index (Phi) is 4.71. The van der Waals surface area contributed by atoms with Crippen molar-refractivity contribution in [3.8, 4) is 0 Å². The Bertz CT molecular complexity index is 710. The SMILES string of the molecule is Cc1ncsc1CCC(=O)N1Cc2cnc(CC(C)C)nc2C1. The molecule has 0 aromatic carbocycles. The van der Waals surface area contributed by atoms with Crippen molar-refractivity contribution in [3.05, 3.63) is 39.4 Å². The maximum Gasteiger partial charge on any atom is 0.223 e. The third-order valence-electron chi connectivity index (χ3n) is 4.06. The van der Waals surface area contributed by atoms with Crippen molar-refractivity contribution in [1.29, 1.82) is 0 Å². The van der Waals surface area contributed by atoms with Crippen LogP contribution in [-0.2, 0) is 30.7 Å². The second-order valence-electron chi connectivity index (χ2n) is 6.47. The molecule has 122 valence electrons. The summed E-state index contributed by atoms with van der Waals surface area (Å²) < 4.78 is 0. The van der Waals surface area contributed by atoms with Gasteiger partial charge in [0.05, 0.1) is 23.4 Å². The second kappa shape index (κ2) is 6.74. The Labute approximate surface area is 140 Å². The molecule has 2 aromatic rings. The highest BCUT2D eigenvalue weighted by Gasteiger charge is 2.25. The number of carbonyl (C=O) groups excluding carboxylic acids is 1. The van der Waals surface area contributed by atoms with E-state index in [0.717, 1.165) is 35.6 Å². The van der Waals surface area contributed by atoms with E-state index in [2.05, 4.69) is 28.8 Å². The molecule has 0 unspecified atom stereocenters. The molecular formula is C17H22N4OS. The van der Waals surface area contributed by atoms with E-state index >= 15 is 0 Å². The molecule has 1 aliphatic heterocycles. The first-order valence-corrected chi connectivity index (χ1v) is 8.91. The molecule has 5 nitrogen and oxygen atoms in total. The quantitative estimate of drug-likeness (QED) is 0.846. The summed E-state index contributed by atoms with van der Waals surface area (Å²) in [6.07, 6.45) is 4.07. The zero-order valence-corrected chi connectivity index (χ0v) is 14.7. The summed E-state index contributed by atoms with van der Waals surface area (Å²) in [5, 5.41) is 0. The Balaban J connectivity index is 1.60. The van der Waals surface area contributed by atoms with Crippen LogP contribution < -0.4 is 0 Å². The third kappa shape index (κ3) is 3.75. The fourth-order valence-electron chi connectivity index (χ4n) is 2.78. The topological polar surface area (TPSA) is 59.0 Å². The molecule has 23 heavy (non-hydrogen) atoms. The summed E-state index contributed by atoms with van der Waals surface area (Å²) in [7, 11) is 0. The van der Waals surface area contributed by atoms with Crippen molar-refractivity contribution in [2.75, 3.05) is 0 Å². The number of aryl methyl sites for hydroxylation is 2. The van der Waals surface area contributed by atoms with Crippen molar-refractivity contribution in [3.63, 3.8) is 0 Å². The van der Waals surface area contributed by atoms with Crippen LogP contribution in [0.3, 0.4) is 0 Å². The summed E-state index contributed by atoms with van der Waals surface area (Å²) in [5.74, 6) is 1.60. The highest BCUT2D eigenvalue weighted by atomic mass is 32.1. The molecule has 0 atom stereocenters. The van der Waals surface area contributed by atoms with Crippen molar-refractivity contribution in [2.45, 2.75) is 53.1 Å². The normalized spacial score (nSPS) is 13.7. The van der Waals surface area contributed by atoms with Crippen LogP contribution in [0.4, 0.5) is 0 Å². The number of thiazole rings is 1. The Morgan fingerprint density at radius 2 is 2.17 bits per heavy atom. The van der Waals surface area contributed by atoms with E-state index in [1.165, 1.54) is 4.88 Å². The lowest BCUT2D eigenvalue weighted by Gasteiger charge is -2.14. The van der Waals surface area contributed by atoms with Gasteiger partial charge < -0.3 is 4.90 Å².